The van der Waals surface area contributed by atoms with Crippen LogP contribution in [0, 0.1) is 0 Å². The smallest absolute Gasteiger partial charge is 0.322 e. The van der Waals surface area contributed by atoms with Crippen molar-refractivity contribution in [2.45, 2.75) is 32.4 Å². The fraction of sp³-hybridized carbons (Fsp3) is 0.562. The van der Waals surface area contributed by atoms with Gasteiger partial charge in [-0.1, -0.05) is 6.07 Å². The van der Waals surface area contributed by atoms with E-state index in [1.807, 2.05) is 24.8 Å². The minimum absolute atomic E-state index is 0.0433. The van der Waals surface area contributed by atoms with E-state index in [0.29, 0.717) is 13.2 Å². The molecule has 114 valence electrons. The number of rotatable bonds is 1. The molecule has 1 N–H and O–H groups in total. The molecule has 5 nitrogen and oxygen atoms in total. The number of likely N-dealkylation sites (N-methyl/N-ethyl adjacent to an activating group) is 1. The quantitative estimate of drug-likeness (QED) is 0.863. The summed E-state index contributed by atoms with van der Waals surface area (Å²) in [5, 5.41) is 3.02. The third-order valence-corrected chi connectivity index (χ3v) is 4.61. The zero-order chi connectivity index (χ0) is 15.0. The standard InChI is InChI=1S/C16H23N3O2/c1-11-12(2)21-9-8-19(11)16(20)17-14-5-4-13-6-7-18(3)15(13)10-14/h4-5,10-12H,6-9H2,1-3H3,(H,17,20)/t11-,12+/m1/s1. The van der Waals surface area contributed by atoms with Crippen LogP contribution >= 0.6 is 0 Å². The molecule has 3 rings (SSSR count). The lowest BCUT2D eigenvalue weighted by Crippen LogP contribution is -2.52. The average Bonchev–Trinajstić information content (AvgIpc) is 2.83. The Hall–Kier alpha value is -1.75. The van der Waals surface area contributed by atoms with Crippen LogP contribution in [0.3, 0.4) is 0 Å². The SMILES string of the molecule is C[C@@H]1OCCN(C(=O)Nc2ccc3c(c2)N(C)CC3)[C@@H]1C. The first-order valence-corrected chi connectivity index (χ1v) is 7.59. The minimum atomic E-state index is -0.0433. The predicted octanol–water partition coefficient (Wildman–Crippen LogP) is 2.32. The third-order valence-electron chi connectivity index (χ3n) is 4.61. The number of benzene rings is 1. The Morgan fingerprint density at radius 2 is 2.14 bits per heavy atom. The summed E-state index contributed by atoms with van der Waals surface area (Å²) >= 11 is 0. The second-order valence-corrected chi connectivity index (χ2v) is 5.96. The number of hydrogen-bond acceptors (Lipinski definition) is 3. The van der Waals surface area contributed by atoms with Crippen LogP contribution < -0.4 is 10.2 Å². The van der Waals surface area contributed by atoms with E-state index in [1.165, 1.54) is 11.3 Å². The van der Waals surface area contributed by atoms with Gasteiger partial charge in [-0.15, -0.1) is 0 Å². The molecular weight excluding hydrogens is 266 g/mol. The van der Waals surface area contributed by atoms with Gasteiger partial charge in [-0.2, -0.15) is 0 Å². The molecule has 0 radical (unpaired) electrons. The lowest BCUT2D eigenvalue weighted by molar-refractivity contribution is -0.0355. The van der Waals surface area contributed by atoms with Gasteiger partial charge in [0.2, 0.25) is 0 Å². The fourth-order valence-corrected chi connectivity index (χ4v) is 3.03. The number of nitrogens with zero attached hydrogens (tertiary/aromatic N) is 2. The van der Waals surface area contributed by atoms with Crippen LogP contribution in [0.1, 0.15) is 19.4 Å². The molecule has 5 heteroatoms. The van der Waals surface area contributed by atoms with Gasteiger partial charge in [-0.3, -0.25) is 0 Å². The summed E-state index contributed by atoms with van der Waals surface area (Å²) in [5.41, 5.74) is 3.43. The van der Waals surface area contributed by atoms with E-state index in [2.05, 4.69) is 29.4 Å². The summed E-state index contributed by atoms with van der Waals surface area (Å²) in [7, 11) is 2.09. The Morgan fingerprint density at radius 1 is 1.33 bits per heavy atom. The van der Waals surface area contributed by atoms with E-state index in [1.54, 1.807) is 0 Å². The molecule has 1 aromatic carbocycles. The number of fused-ring (bicyclic) bond motifs is 1. The number of ether oxygens (including phenoxy) is 1. The summed E-state index contributed by atoms with van der Waals surface area (Å²) < 4.78 is 5.57. The maximum Gasteiger partial charge on any atom is 0.322 e. The molecule has 0 aromatic heterocycles. The lowest BCUT2D eigenvalue weighted by Gasteiger charge is -2.37. The van der Waals surface area contributed by atoms with Crippen molar-refractivity contribution in [2.75, 3.05) is 37.0 Å². The summed E-state index contributed by atoms with van der Waals surface area (Å²) in [6, 6.07) is 6.22. The maximum absolute atomic E-state index is 12.5. The van der Waals surface area contributed by atoms with E-state index < -0.39 is 0 Å². The molecule has 2 heterocycles. The van der Waals surface area contributed by atoms with Crippen LogP contribution in [0.2, 0.25) is 0 Å². The molecule has 2 amide bonds. The van der Waals surface area contributed by atoms with Gasteiger partial charge >= 0.3 is 6.03 Å². The van der Waals surface area contributed by atoms with E-state index in [9.17, 15) is 4.79 Å². The topological polar surface area (TPSA) is 44.8 Å². The molecule has 2 aliphatic heterocycles. The van der Waals surface area contributed by atoms with E-state index in [0.717, 1.165) is 18.7 Å². The Balaban J connectivity index is 1.72. The average molecular weight is 289 g/mol. The van der Waals surface area contributed by atoms with Crippen LogP contribution in [0.5, 0.6) is 0 Å². The van der Waals surface area contributed by atoms with Gasteiger partial charge in [0.25, 0.3) is 0 Å². The third kappa shape index (κ3) is 2.70. The molecule has 0 aliphatic carbocycles. The zero-order valence-corrected chi connectivity index (χ0v) is 12.9. The second-order valence-electron chi connectivity index (χ2n) is 5.96. The monoisotopic (exact) mass is 289 g/mol. The predicted molar refractivity (Wildman–Crippen MR) is 84.0 cm³/mol. The summed E-state index contributed by atoms with van der Waals surface area (Å²) in [6.45, 7) is 6.33. The van der Waals surface area contributed by atoms with Crippen LogP contribution in [-0.2, 0) is 11.2 Å². The molecule has 0 bridgehead atoms. The van der Waals surface area contributed by atoms with Crippen molar-refractivity contribution >= 4 is 17.4 Å². The largest absolute Gasteiger partial charge is 0.375 e. The van der Waals surface area contributed by atoms with Gasteiger partial charge in [0.05, 0.1) is 18.8 Å². The molecule has 1 aromatic rings. The first kappa shape index (κ1) is 14.2. The number of urea groups is 1. The van der Waals surface area contributed by atoms with E-state index in [4.69, 9.17) is 4.74 Å². The maximum atomic E-state index is 12.5. The van der Waals surface area contributed by atoms with Crippen molar-refractivity contribution in [1.29, 1.82) is 0 Å². The molecule has 1 fully saturated rings. The molecular formula is C16H23N3O2. The van der Waals surface area contributed by atoms with E-state index >= 15 is 0 Å². The number of carbonyl (C=O) groups is 1. The molecule has 0 spiro atoms. The zero-order valence-electron chi connectivity index (χ0n) is 12.9. The van der Waals surface area contributed by atoms with Crippen molar-refractivity contribution in [3.05, 3.63) is 23.8 Å². The number of hydrogen-bond donors (Lipinski definition) is 1. The van der Waals surface area contributed by atoms with Crippen molar-refractivity contribution in [3.8, 4) is 0 Å². The van der Waals surface area contributed by atoms with Crippen LogP contribution in [0.15, 0.2) is 18.2 Å². The van der Waals surface area contributed by atoms with Gasteiger partial charge in [-0.05, 0) is 38.0 Å². The Morgan fingerprint density at radius 3 is 2.95 bits per heavy atom. The molecule has 0 saturated carbocycles. The summed E-state index contributed by atoms with van der Waals surface area (Å²) in [5.74, 6) is 0. The second kappa shape index (κ2) is 5.56. The summed E-state index contributed by atoms with van der Waals surface area (Å²) in [6.07, 6.45) is 1.16. The molecule has 2 atom stereocenters. The number of anilines is 2. The highest BCUT2D eigenvalue weighted by atomic mass is 16.5. The molecule has 0 unspecified atom stereocenters. The lowest BCUT2D eigenvalue weighted by atomic mass is 10.1. The number of amides is 2. The minimum Gasteiger partial charge on any atom is -0.375 e. The highest BCUT2D eigenvalue weighted by molar-refractivity contribution is 5.90. The Kier molecular flexibility index (Phi) is 3.76. The molecule has 2 aliphatic rings. The van der Waals surface area contributed by atoms with E-state index in [-0.39, 0.29) is 18.2 Å². The van der Waals surface area contributed by atoms with Crippen LogP contribution in [-0.4, -0.2) is 49.8 Å². The fourth-order valence-electron chi connectivity index (χ4n) is 3.03. The first-order chi connectivity index (χ1) is 10.1. The highest BCUT2D eigenvalue weighted by Gasteiger charge is 2.29. The van der Waals surface area contributed by atoms with Crippen LogP contribution in [0.25, 0.3) is 0 Å². The Labute approximate surface area is 125 Å². The molecule has 1 saturated heterocycles. The highest BCUT2D eigenvalue weighted by Crippen LogP contribution is 2.29. The number of nitrogens with one attached hydrogen (secondary N) is 1. The summed E-state index contributed by atoms with van der Waals surface area (Å²) in [4.78, 5) is 16.5. The normalized spacial score (nSPS) is 24.9. The van der Waals surface area contributed by atoms with Gasteiger partial charge in [0, 0.05) is 31.5 Å². The van der Waals surface area contributed by atoms with Gasteiger partial charge < -0.3 is 19.9 Å². The number of carbonyl (C=O) groups excluding carboxylic acids is 1. The van der Waals surface area contributed by atoms with Crippen LogP contribution in [0.4, 0.5) is 16.2 Å². The van der Waals surface area contributed by atoms with Gasteiger partial charge in [0.15, 0.2) is 0 Å². The van der Waals surface area contributed by atoms with Gasteiger partial charge in [0.1, 0.15) is 0 Å². The van der Waals surface area contributed by atoms with Crippen molar-refractivity contribution in [3.63, 3.8) is 0 Å². The van der Waals surface area contributed by atoms with Crippen molar-refractivity contribution in [1.82, 2.24) is 4.90 Å². The van der Waals surface area contributed by atoms with Crippen molar-refractivity contribution < 1.29 is 9.53 Å². The molecule has 21 heavy (non-hydrogen) atoms. The Bertz CT molecular complexity index is 546. The first-order valence-electron chi connectivity index (χ1n) is 7.59. The van der Waals surface area contributed by atoms with Gasteiger partial charge in [-0.25, -0.2) is 4.79 Å². The number of morpholine rings is 1. The van der Waals surface area contributed by atoms with Crippen molar-refractivity contribution in [2.24, 2.45) is 0 Å².